The number of carbonyl (C=O) groups excluding carboxylic acids is 2. The van der Waals surface area contributed by atoms with E-state index in [1.807, 2.05) is 16.8 Å². The zero-order chi connectivity index (χ0) is 18.4. The van der Waals surface area contributed by atoms with Crippen molar-refractivity contribution in [1.29, 1.82) is 0 Å². The molecular formula is C18H20N2O5S. The van der Waals surface area contributed by atoms with Gasteiger partial charge in [0.25, 0.3) is 0 Å². The number of ether oxygens (including phenoxy) is 2. The molecule has 7 nitrogen and oxygen atoms in total. The summed E-state index contributed by atoms with van der Waals surface area (Å²) >= 11 is 1.60. The number of rotatable bonds is 7. The van der Waals surface area contributed by atoms with Crippen LogP contribution in [0.4, 0.5) is 5.69 Å². The third kappa shape index (κ3) is 4.53. The van der Waals surface area contributed by atoms with E-state index >= 15 is 0 Å². The van der Waals surface area contributed by atoms with Gasteiger partial charge in [-0.05, 0) is 53.3 Å². The molecule has 2 amide bonds. The van der Waals surface area contributed by atoms with Crippen LogP contribution in [-0.4, -0.2) is 36.9 Å². The van der Waals surface area contributed by atoms with Gasteiger partial charge in [-0.25, -0.2) is 0 Å². The molecule has 0 saturated heterocycles. The summed E-state index contributed by atoms with van der Waals surface area (Å²) in [6.45, 7) is 0.583. The molecule has 2 aromatic rings. The summed E-state index contributed by atoms with van der Waals surface area (Å²) in [5.41, 5.74) is 1.61. The number of nitrogens with one attached hydrogen (secondary N) is 2. The second-order valence-corrected chi connectivity index (χ2v) is 6.61. The number of hydrogen-bond acceptors (Lipinski definition) is 6. The molecular weight excluding hydrogens is 356 g/mol. The molecule has 1 unspecified atom stereocenters. The monoisotopic (exact) mass is 376 g/mol. The predicted octanol–water partition coefficient (Wildman–Crippen LogP) is 2.09. The van der Waals surface area contributed by atoms with Crippen molar-refractivity contribution < 1.29 is 24.2 Å². The maximum Gasteiger partial charge on any atom is 0.313 e. The lowest BCUT2D eigenvalue weighted by molar-refractivity contribution is -0.136. The van der Waals surface area contributed by atoms with Gasteiger partial charge in [0.1, 0.15) is 0 Å². The highest BCUT2D eigenvalue weighted by Gasteiger charge is 2.18. The highest BCUT2D eigenvalue weighted by atomic mass is 32.1. The quantitative estimate of drug-likeness (QED) is 0.643. The Morgan fingerprint density at radius 2 is 2.00 bits per heavy atom. The average molecular weight is 376 g/mol. The fraction of sp³-hybridized carbons (Fsp3) is 0.333. The molecule has 1 aromatic heterocycles. The first-order chi connectivity index (χ1) is 12.7. The van der Waals surface area contributed by atoms with Gasteiger partial charge in [-0.2, -0.15) is 11.3 Å². The molecule has 138 valence electrons. The molecule has 0 saturated carbocycles. The molecule has 3 N–H and O–H groups in total. The normalized spacial score (nSPS) is 13.3. The third-order valence-corrected chi connectivity index (χ3v) is 4.81. The minimum absolute atomic E-state index is 0.0824. The van der Waals surface area contributed by atoms with Crippen LogP contribution >= 0.6 is 11.3 Å². The maximum atomic E-state index is 12.0. The minimum atomic E-state index is -0.738. The van der Waals surface area contributed by atoms with E-state index in [2.05, 4.69) is 10.6 Å². The predicted molar refractivity (Wildman–Crippen MR) is 97.6 cm³/mol. The molecule has 0 bridgehead atoms. The Balaban J connectivity index is 1.47. The Morgan fingerprint density at radius 1 is 1.15 bits per heavy atom. The van der Waals surface area contributed by atoms with Crippen LogP contribution in [-0.2, 0) is 9.59 Å². The van der Waals surface area contributed by atoms with E-state index in [9.17, 15) is 14.7 Å². The number of hydrogen-bond donors (Lipinski definition) is 3. The largest absolute Gasteiger partial charge is 0.454 e. The molecule has 3 rings (SSSR count). The smallest absolute Gasteiger partial charge is 0.313 e. The average Bonchev–Trinajstić information content (AvgIpc) is 3.32. The van der Waals surface area contributed by atoms with Gasteiger partial charge in [0.15, 0.2) is 11.5 Å². The van der Waals surface area contributed by atoms with Gasteiger partial charge in [0.05, 0.1) is 0 Å². The van der Waals surface area contributed by atoms with E-state index in [1.54, 1.807) is 29.5 Å². The lowest BCUT2D eigenvalue weighted by Crippen LogP contribution is -2.36. The Morgan fingerprint density at radius 3 is 2.77 bits per heavy atom. The molecule has 2 heterocycles. The molecule has 0 fully saturated rings. The Kier molecular flexibility index (Phi) is 6.08. The number of anilines is 1. The Bertz CT molecular complexity index is 763. The van der Waals surface area contributed by atoms with Gasteiger partial charge in [-0.3, -0.25) is 9.59 Å². The SMILES string of the molecule is O=C(NCCC(CCO)c1ccsc1)C(=O)Nc1ccc2c(c1)OCO2. The van der Waals surface area contributed by atoms with Crippen LogP contribution in [0.15, 0.2) is 35.0 Å². The number of amides is 2. The number of fused-ring (bicyclic) bond motifs is 1. The van der Waals surface area contributed by atoms with Gasteiger partial charge in [-0.1, -0.05) is 0 Å². The number of aliphatic hydroxyl groups excluding tert-OH is 1. The summed E-state index contributed by atoms with van der Waals surface area (Å²) in [5, 5.41) is 18.4. The summed E-state index contributed by atoms with van der Waals surface area (Å²) in [6, 6.07) is 6.95. The van der Waals surface area contributed by atoms with E-state index < -0.39 is 11.8 Å². The molecule has 26 heavy (non-hydrogen) atoms. The lowest BCUT2D eigenvalue weighted by atomic mass is 9.95. The van der Waals surface area contributed by atoms with E-state index in [-0.39, 0.29) is 19.3 Å². The molecule has 8 heteroatoms. The molecule has 1 aromatic carbocycles. The molecule has 0 aliphatic carbocycles. The van der Waals surface area contributed by atoms with Crippen molar-refractivity contribution in [3.63, 3.8) is 0 Å². The first-order valence-electron chi connectivity index (χ1n) is 8.29. The molecule has 1 atom stereocenters. The maximum absolute atomic E-state index is 12.0. The summed E-state index contributed by atoms with van der Waals surface area (Å²) in [5.74, 6) is -0.140. The molecule has 0 radical (unpaired) electrons. The van der Waals surface area contributed by atoms with Gasteiger partial charge in [-0.15, -0.1) is 0 Å². The van der Waals surface area contributed by atoms with Crippen LogP contribution in [0.25, 0.3) is 0 Å². The van der Waals surface area contributed by atoms with Gasteiger partial charge >= 0.3 is 11.8 Å². The van der Waals surface area contributed by atoms with Crippen LogP contribution in [0.2, 0.25) is 0 Å². The minimum Gasteiger partial charge on any atom is -0.454 e. The van der Waals surface area contributed by atoms with Crippen molar-refractivity contribution in [2.24, 2.45) is 0 Å². The first kappa shape index (κ1) is 18.2. The second-order valence-electron chi connectivity index (χ2n) is 5.83. The summed E-state index contributed by atoms with van der Waals surface area (Å²) in [6.07, 6.45) is 1.27. The van der Waals surface area contributed by atoms with E-state index in [0.717, 1.165) is 5.56 Å². The van der Waals surface area contributed by atoms with Crippen molar-refractivity contribution in [3.8, 4) is 11.5 Å². The van der Waals surface area contributed by atoms with Gasteiger partial charge in [0.2, 0.25) is 6.79 Å². The number of carbonyl (C=O) groups is 2. The van der Waals surface area contributed by atoms with Crippen molar-refractivity contribution >= 4 is 28.8 Å². The molecule has 1 aliphatic heterocycles. The van der Waals surface area contributed by atoms with Crippen LogP contribution < -0.4 is 20.1 Å². The van der Waals surface area contributed by atoms with Crippen molar-refractivity contribution in [2.45, 2.75) is 18.8 Å². The fourth-order valence-corrected chi connectivity index (χ4v) is 3.49. The highest BCUT2D eigenvalue weighted by molar-refractivity contribution is 7.07. The van der Waals surface area contributed by atoms with Gasteiger partial charge < -0.3 is 25.2 Å². The number of thiophene rings is 1. The number of aliphatic hydroxyl groups is 1. The van der Waals surface area contributed by atoms with E-state index in [1.165, 1.54) is 0 Å². The zero-order valence-electron chi connectivity index (χ0n) is 14.1. The standard InChI is InChI=1S/C18H20N2O5S/c21-7-4-12(13-5-8-26-10-13)3-6-19-17(22)18(23)20-14-1-2-15-16(9-14)25-11-24-15/h1-2,5,8-10,12,21H,3-4,6-7,11H2,(H,19,22)(H,20,23). The third-order valence-electron chi connectivity index (χ3n) is 4.11. The highest BCUT2D eigenvalue weighted by Crippen LogP contribution is 2.34. The van der Waals surface area contributed by atoms with Crippen LogP contribution in [0.3, 0.4) is 0 Å². The Labute approximate surface area is 154 Å². The number of benzene rings is 1. The lowest BCUT2D eigenvalue weighted by Gasteiger charge is -2.15. The zero-order valence-corrected chi connectivity index (χ0v) is 14.9. The fourth-order valence-electron chi connectivity index (χ4n) is 2.74. The van der Waals surface area contributed by atoms with Crippen LogP contribution in [0, 0.1) is 0 Å². The molecule has 0 spiro atoms. The second kappa shape index (κ2) is 8.68. The van der Waals surface area contributed by atoms with Crippen LogP contribution in [0.5, 0.6) is 11.5 Å². The van der Waals surface area contributed by atoms with Crippen LogP contribution in [0.1, 0.15) is 24.3 Å². The topological polar surface area (TPSA) is 96.9 Å². The first-order valence-corrected chi connectivity index (χ1v) is 9.23. The van der Waals surface area contributed by atoms with E-state index in [4.69, 9.17) is 9.47 Å². The van der Waals surface area contributed by atoms with E-state index in [0.29, 0.717) is 36.6 Å². The summed E-state index contributed by atoms with van der Waals surface area (Å²) in [7, 11) is 0. The van der Waals surface area contributed by atoms with Crippen molar-refractivity contribution in [3.05, 3.63) is 40.6 Å². The van der Waals surface area contributed by atoms with Gasteiger partial charge in [0, 0.05) is 24.9 Å². The van der Waals surface area contributed by atoms with Crippen molar-refractivity contribution in [1.82, 2.24) is 5.32 Å². The molecule has 1 aliphatic rings. The Hall–Kier alpha value is -2.58. The summed E-state index contributed by atoms with van der Waals surface area (Å²) < 4.78 is 10.4. The van der Waals surface area contributed by atoms with Crippen molar-refractivity contribution in [2.75, 3.05) is 25.3 Å². The summed E-state index contributed by atoms with van der Waals surface area (Å²) in [4.78, 5) is 24.0.